The molecule has 136 valence electrons. The van der Waals surface area contributed by atoms with Gasteiger partial charge in [-0.15, -0.1) is 0 Å². The van der Waals surface area contributed by atoms with Crippen LogP contribution < -0.4 is 10.1 Å². The molecule has 0 aromatic heterocycles. The molecule has 1 saturated carbocycles. The SMILES string of the molecule is Cc1ccc(Oc2ccc(NC(=O)[C@H]3CCCC[C@@H]3C(=O)O)cc2)cc1. The van der Waals surface area contributed by atoms with Crippen molar-refractivity contribution in [3.8, 4) is 11.5 Å². The Kier molecular flexibility index (Phi) is 5.56. The molecule has 0 spiro atoms. The van der Waals surface area contributed by atoms with E-state index in [9.17, 15) is 14.7 Å². The summed E-state index contributed by atoms with van der Waals surface area (Å²) >= 11 is 0. The van der Waals surface area contributed by atoms with Gasteiger partial charge in [0, 0.05) is 5.69 Å². The first-order chi connectivity index (χ1) is 12.5. The van der Waals surface area contributed by atoms with E-state index in [-0.39, 0.29) is 5.91 Å². The minimum absolute atomic E-state index is 0.218. The molecule has 0 unspecified atom stereocenters. The fourth-order valence-corrected chi connectivity index (χ4v) is 3.32. The Bertz CT molecular complexity index is 768. The van der Waals surface area contributed by atoms with E-state index in [1.807, 2.05) is 31.2 Å². The quantitative estimate of drug-likeness (QED) is 0.822. The molecule has 2 atom stereocenters. The number of rotatable bonds is 5. The highest BCUT2D eigenvalue weighted by Gasteiger charge is 2.35. The van der Waals surface area contributed by atoms with Crippen LogP contribution >= 0.6 is 0 Å². The molecule has 1 fully saturated rings. The third-order valence-electron chi connectivity index (χ3n) is 4.80. The number of hydrogen-bond acceptors (Lipinski definition) is 3. The standard InChI is InChI=1S/C21H23NO4/c1-14-6-10-16(11-7-14)26-17-12-8-15(9-13-17)22-20(23)18-4-2-3-5-19(18)21(24)25/h6-13,18-19H,2-5H2,1H3,(H,22,23)(H,24,25)/t18-,19-/m0/s1. The monoisotopic (exact) mass is 353 g/mol. The number of aryl methyl sites for hydroxylation is 1. The number of anilines is 1. The maximum absolute atomic E-state index is 12.5. The van der Waals surface area contributed by atoms with Crippen LogP contribution in [0.25, 0.3) is 0 Å². The van der Waals surface area contributed by atoms with Crippen LogP contribution in [-0.2, 0) is 9.59 Å². The predicted octanol–water partition coefficient (Wildman–Crippen LogP) is 4.62. The lowest BCUT2D eigenvalue weighted by molar-refractivity contribution is -0.147. The van der Waals surface area contributed by atoms with Gasteiger partial charge in [-0.3, -0.25) is 9.59 Å². The minimum Gasteiger partial charge on any atom is -0.481 e. The van der Waals surface area contributed by atoms with Crippen molar-refractivity contribution in [2.45, 2.75) is 32.6 Å². The van der Waals surface area contributed by atoms with E-state index in [4.69, 9.17) is 4.74 Å². The topological polar surface area (TPSA) is 75.6 Å². The molecule has 5 nitrogen and oxygen atoms in total. The molecule has 3 rings (SSSR count). The van der Waals surface area contributed by atoms with Crippen LogP contribution in [0.5, 0.6) is 11.5 Å². The molecule has 5 heteroatoms. The van der Waals surface area contributed by atoms with Crippen molar-refractivity contribution >= 4 is 17.6 Å². The van der Waals surface area contributed by atoms with E-state index in [1.54, 1.807) is 24.3 Å². The van der Waals surface area contributed by atoms with E-state index in [0.29, 0.717) is 24.3 Å². The normalized spacial score (nSPS) is 19.6. The van der Waals surface area contributed by atoms with E-state index in [2.05, 4.69) is 5.32 Å². The first kappa shape index (κ1) is 18.0. The molecule has 0 bridgehead atoms. The largest absolute Gasteiger partial charge is 0.481 e. The zero-order valence-electron chi connectivity index (χ0n) is 14.8. The van der Waals surface area contributed by atoms with Crippen LogP contribution in [-0.4, -0.2) is 17.0 Å². The molecule has 0 heterocycles. The second kappa shape index (κ2) is 8.04. The number of carboxylic acids is 1. The van der Waals surface area contributed by atoms with Crippen LogP contribution in [0.15, 0.2) is 48.5 Å². The van der Waals surface area contributed by atoms with E-state index < -0.39 is 17.8 Å². The molecular formula is C21H23NO4. The van der Waals surface area contributed by atoms with Crippen molar-refractivity contribution in [3.05, 3.63) is 54.1 Å². The highest BCUT2D eigenvalue weighted by atomic mass is 16.5. The summed E-state index contributed by atoms with van der Waals surface area (Å²) in [4.78, 5) is 23.8. The van der Waals surface area contributed by atoms with Gasteiger partial charge in [-0.1, -0.05) is 30.5 Å². The molecule has 2 aromatic carbocycles. The van der Waals surface area contributed by atoms with Gasteiger partial charge in [0.15, 0.2) is 0 Å². The van der Waals surface area contributed by atoms with Gasteiger partial charge in [0.2, 0.25) is 5.91 Å². The van der Waals surface area contributed by atoms with Gasteiger partial charge in [0.25, 0.3) is 0 Å². The number of carbonyl (C=O) groups excluding carboxylic acids is 1. The maximum atomic E-state index is 12.5. The molecular weight excluding hydrogens is 330 g/mol. The van der Waals surface area contributed by atoms with Gasteiger partial charge in [-0.05, 0) is 56.2 Å². The molecule has 0 saturated heterocycles. The first-order valence-corrected chi connectivity index (χ1v) is 8.91. The van der Waals surface area contributed by atoms with Crippen LogP contribution in [0, 0.1) is 18.8 Å². The van der Waals surface area contributed by atoms with Crippen molar-refractivity contribution in [3.63, 3.8) is 0 Å². The summed E-state index contributed by atoms with van der Waals surface area (Å²) in [6.07, 6.45) is 2.95. The second-order valence-corrected chi connectivity index (χ2v) is 6.76. The van der Waals surface area contributed by atoms with Gasteiger partial charge in [0.05, 0.1) is 11.8 Å². The second-order valence-electron chi connectivity index (χ2n) is 6.76. The highest BCUT2D eigenvalue weighted by molar-refractivity contribution is 5.95. The van der Waals surface area contributed by atoms with Gasteiger partial charge in [-0.2, -0.15) is 0 Å². The summed E-state index contributed by atoms with van der Waals surface area (Å²) in [7, 11) is 0. The van der Waals surface area contributed by atoms with Crippen molar-refractivity contribution in [2.75, 3.05) is 5.32 Å². The fraction of sp³-hybridized carbons (Fsp3) is 0.333. The summed E-state index contributed by atoms with van der Waals surface area (Å²) in [5.41, 5.74) is 1.80. The Morgan fingerprint density at radius 2 is 1.46 bits per heavy atom. The van der Waals surface area contributed by atoms with Crippen LogP contribution in [0.1, 0.15) is 31.2 Å². The number of hydrogen-bond donors (Lipinski definition) is 2. The van der Waals surface area contributed by atoms with E-state index >= 15 is 0 Å². The smallest absolute Gasteiger partial charge is 0.307 e. The summed E-state index contributed by atoms with van der Waals surface area (Å²) in [6, 6.07) is 14.9. The number of carboxylic acid groups (broad SMARTS) is 1. The summed E-state index contributed by atoms with van der Waals surface area (Å²) in [6.45, 7) is 2.02. The predicted molar refractivity (Wildman–Crippen MR) is 99.4 cm³/mol. The lowest BCUT2D eigenvalue weighted by Gasteiger charge is -2.27. The number of carbonyl (C=O) groups is 2. The average molecular weight is 353 g/mol. The Morgan fingerprint density at radius 3 is 2.04 bits per heavy atom. The number of nitrogens with one attached hydrogen (secondary N) is 1. The Balaban J connectivity index is 1.62. The lowest BCUT2D eigenvalue weighted by atomic mass is 9.78. The van der Waals surface area contributed by atoms with Crippen molar-refractivity contribution < 1.29 is 19.4 Å². The van der Waals surface area contributed by atoms with E-state index in [1.165, 1.54) is 0 Å². The zero-order chi connectivity index (χ0) is 18.5. The van der Waals surface area contributed by atoms with E-state index in [0.717, 1.165) is 24.2 Å². The van der Waals surface area contributed by atoms with Crippen molar-refractivity contribution in [1.29, 1.82) is 0 Å². The van der Waals surface area contributed by atoms with Gasteiger partial charge in [-0.25, -0.2) is 0 Å². The summed E-state index contributed by atoms with van der Waals surface area (Å²) in [5, 5.41) is 12.2. The average Bonchev–Trinajstić information content (AvgIpc) is 2.65. The molecule has 26 heavy (non-hydrogen) atoms. The summed E-state index contributed by atoms with van der Waals surface area (Å²) in [5.74, 6) is -0.736. The van der Waals surface area contributed by atoms with Crippen LogP contribution in [0.3, 0.4) is 0 Å². The van der Waals surface area contributed by atoms with Gasteiger partial charge < -0.3 is 15.2 Å². The first-order valence-electron chi connectivity index (χ1n) is 8.91. The van der Waals surface area contributed by atoms with Crippen LogP contribution in [0.4, 0.5) is 5.69 Å². The van der Waals surface area contributed by atoms with Crippen molar-refractivity contribution in [1.82, 2.24) is 0 Å². The Labute approximate surface area is 153 Å². The molecule has 0 radical (unpaired) electrons. The molecule has 1 amide bonds. The summed E-state index contributed by atoms with van der Waals surface area (Å²) < 4.78 is 5.77. The zero-order valence-corrected chi connectivity index (χ0v) is 14.8. The highest BCUT2D eigenvalue weighted by Crippen LogP contribution is 2.31. The Hall–Kier alpha value is -2.82. The Morgan fingerprint density at radius 1 is 0.923 bits per heavy atom. The molecule has 2 N–H and O–H groups in total. The number of amides is 1. The minimum atomic E-state index is -0.883. The van der Waals surface area contributed by atoms with Gasteiger partial charge in [0.1, 0.15) is 11.5 Å². The molecule has 0 aliphatic heterocycles. The lowest BCUT2D eigenvalue weighted by Crippen LogP contribution is -2.36. The molecule has 2 aromatic rings. The number of benzene rings is 2. The molecule has 1 aliphatic rings. The van der Waals surface area contributed by atoms with Crippen molar-refractivity contribution in [2.24, 2.45) is 11.8 Å². The number of ether oxygens (including phenoxy) is 1. The third kappa shape index (κ3) is 4.42. The fourth-order valence-electron chi connectivity index (χ4n) is 3.32. The number of aliphatic carboxylic acids is 1. The van der Waals surface area contributed by atoms with Crippen LogP contribution in [0.2, 0.25) is 0 Å². The third-order valence-corrected chi connectivity index (χ3v) is 4.80. The molecule has 1 aliphatic carbocycles. The van der Waals surface area contributed by atoms with Gasteiger partial charge >= 0.3 is 5.97 Å². The maximum Gasteiger partial charge on any atom is 0.307 e.